The number of aryl methyl sites for hydroxylation is 1. The third-order valence-corrected chi connectivity index (χ3v) is 11.1. The van der Waals surface area contributed by atoms with Crippen molar-refractivity contribution in [3.63, 3.8) is 0 Å². The number of pyridine rings is 2. The zero-order chi connectivity index (χ0) is 33.5. The van der Waals surface area contributed by atoms with Crippen LogP contribution in [0.4, 0.5) is 4.79 Å². The van der Waals surface area contributed by atoms with Gasteiger partial charge in [0.05, 0.1) is 34.9 Å². The lowest BCUT2D eigenvalue weighted by Gasteiger charge is -2.31. The standard InChI is InChI=1S/C34H32N2O9S2/c1-4-22-23-12-20(45-33(41)44-15-19-6-9-21(10-7-19)47-46-17-18(3)31(38)39)8-11-27(23)35-29-24(22)14-36-28(29)13-26-25(30(36)37)16-43-32(40)34(26,42)5-2/h6-13,18,42H,4-5,14-17H2,1-3H3,(H,38,39)/t18-,34?/m0/s1. The Morgan fingerprint density at radius 3 is 2.57 bits per heavy atom. The summed E-state index contributed by atoms with van der Waals surface area (Å²) >= 11 is 0. The van der Waals surface area contributed by atoms with Crippen molar-refractivity contribution in [2.75, 3.05) is 5.75 Å². The molecule has 6 rings (SSSR count). The van der Waals surface area contributed by atoms with E-state index in [9.17, 15) is 24.3 Å². The maximum Gasteiger partial charge on any atom is 0.514 e. The molecule has 2 atom stereocenters. The molecule has 0 bridgehead atoms. The molecule has 11 nitrogen and oxygen atoms in total. The summed E-state index contributed by atoms with van der Waals surface area (Å²) in [5.41, 5.74) is 2.64. The van der Waals surface area contributed by atoms with Crippen LogP contribution in [0, 0.1) is 5.92 Å². The number of carboxylic acid groups (broad SMARTS) is 1. The number of nitrogens with zero attached hydrogens (tertiary/aromatic N) is 2. The monoisotopic (exact) mass is 676 g/mol. The van der Waals surface area contributed by atoms with E-state index < -0.39 is 29.6 Å². The van der Waals surface area contributed by atoms with E-state index in [4.69, 9.17) is 24.3 Å². The molecule has 2 N–H and O–H groups in total. The van der Waals surface area contributed by atoms with Crippen LogP contribution in [-0.4, -0.2) is 43.6 Å². The minimum absolute atomic E-state index is 0.0105. The fraction of sp³-hybridized carbons (Fsp3) is 0.324. The summed E-state index contributed by atoms with van der Waals surface area (Å²) in [6, 6.07) is 14.2. The van der Waals surface area contributed by atoms with Crippen molar-refractivity contribution < 1.29 is 38.8 Å². The number of hydrogen-bond donors (Lipinski definition) is 2. The molecule has 0 radical (unpaired) electrons. The minimum Gasteiger partial charge on any atom is -0.481 e. The molecule has 0 saturated heterocycles. The molecule has 2 aliphatic heterocycles. The van der Waals surface area contributed by atoms with Crippen molar-refractivity contribution in [2.45, 2.75) is 63.9 Å². The largest absolute Gasteiger partial charge is 0.514 e. The number of esters is 1. The molecule has 0 amide bonds. The van der Waals surface area contributed by atoms with Crippen molar-refractivity contribution in [1.82, 2.24) is 9.55 Å². The van der Waals surface area contributed by atoms with Crippen LogP contribution in [-0.2, 0) is 50.8 Å². The molecule has 0 aliphatic carbocycles. The minimum atomic E-state index is -1.90. The van der Waals surface area contributed by atoms with Crippen LogP contribution >= 0.6 is 21.6 Å². The predicted molar refractivity (Wildman–Crippen MR) is 176 cm³/mol. The third-order valence-electron chi connectivity index (χ3n) is 8.51. The van der Waals surface area contributed by atoms with Gasteiger partial charge in [-0.05, 0) is 60.4 Å². The molecule has 2 aromatic carbocycles. The SMILES string of the molecule is CCc1c2c(nc3ccc(OC(=O)OCc4ccc(SSC[C@H](C)C(=O)O)cc4)cc13)-c1cc3c(c(=O)n1C2)COC(=O)C3(O)CC. The van der Waals surface area contributed by atoms with Crippen molar-refractivity contribution in [3.05, 3.63) is 86.7 Å². The predicted octanol–water partition coefficient (Wildman–Crippen LogP) is 5.82. The van der Waals surface area contributed by atoms with E-state index in [1.54, 1.807) is 42.7 Å². The van der Waals surface area contributed by atoms with E-state index in [1.165, 1.54) is 21.6 Å². The number of aliphatic hydroxyl groups is 1. The fourth-order valence-corrected chi connectivity index (χ4v) is 8.15. The molecule has 47 heavy (non-hydrogen) atoms. The highest BCUT2D eigenvalue weighted by Gasteiger charge is 2.45. The summed E-state index contributed by atoms with van der Waals surface area (Å²) in [5.74, 6) is -1.25. The Morgan fingerprint density at radius 1 is 1.11 bits per heavy atom. The average molecular weight is 677 g/mol. The number of carboxylic acids is 1. The van der Waals surface area contributed by atoms with Crippen LogP contribution in [0.25, 0.3) is 22.3 Å². The van der Waals surface area contributed by atoms with Gasteiger partial charge in [0.2, 0.25) is 0 Å². The first-order valence-electron chi connectivity index (χ1n) is 15.1. The number of carbonyl (C=O) groups excluding carboxylic acids is 2. The molecule has 4 aromatic rings. The Bertz CT molecular complexity index is 1980. The maximum absolute atomic E-state index is 13.6. The van der Waals surface area contributed by atoms with E-state index in [0.29, 0.717) is 29.1 Å². The number of benzene rings is 2. The molecule has 0 spiro atoms. The molecular weight excluding hydrogens is 645 g/mol. The van der Waals surface area contributed by atoms with E-state index in [2.05, 4.69) is 0 Å². The van der Waals surface area contributed by atoms with Crippen molar-refractivity contribution >= 4 is 50.6 Å². The molecule has 13 heteroatoms. The molecule has 4 heterocycles. The number of rotatable bonds is 10. The average Bonchev–Trinajstić information content (AvgIpc) is 3.43. The first kappa shape index (κ1) is 32.6. The molecule has 2 aromatic heterocycles. The van der Waals surface area contributed by atoms with Gasteiger partial charge >= 0.3 is 18.1 Å². The normalized spacial score (nSPS) is 17.0. The first-order valence-corrected chi connectivity index (χ1v) is 17.4. The number of aromatic nitrogens is 2. The van der Waals surface area contributed by atoms with Gasteiger partial charge in [0.1, 0.15) is 19.0 Å². The highest BCUT2D eigenvalue weighted by atomic mass is 33.1. The zero-order valence-corrected chi connectivity index (χ0v) is 27.5. The Balaban J connectivity index is 1.18. The fourth-order valence-electron chi connectivity index (χ4n) is 5.79. The lowest BCUT2D eigenvalue weighted by atomic mass is 9.86. The first-order chi connectivity index (χ1) is 22.5. The van der Waals surface area contributed by atoms with Crippen LogP contribution in [0.1, 0.15) is 55.0 Å². The lowest BCUT2D eigenvalue weighted by molar-refractivity contribution is -0.172. The van der Waals surface area contributed by atoms with Gasteiger partial charge in [0.25, 0.3) is 5.56 Å². The van der Waals surface area contributed by atoms with E-state index in [1.807, 2.05) is 31.2 Å². The summed E-state index contributed by atoms with van der Waals surface area (Å²) < 4.78 is 17.6. The second kappa shape index (κ2) is 13.1. The zero-order valence-electron chi connectivity index (χ0n) is 25.9. The number of ether oxygens (including phenoxy) is 3. The summed E-state index contributed by atoms with van der Waals surface area (Å²) in [6.45, 7) is 5.41. The molecule has 244 valence electrons. The van der Waals surface area contributed by atoms with E-state index >= 15 is 0 Å². The highest BCUT2D eigenvalue weighted by molar-refractivity contribution is 8.76. The highest BCUT2D eigenvalue weighted by Crippen LogP contribution is 2.41. The van der Waals surface area contributed by atoms with Crippen LogP contribution in [0.2, 0.25) is 0 Å². The van der Waals surface area contributed by atoms with Gasteiger partial charge in [-0.1, -0.05) is 54.5 Å². The molecule has 0 saturated carbocycles. The van der Waals surface area contributed by atoms with Gasteiger partial charge in [0.15, 0.2) is 5.60 Å². The topological polar surface area (TPSA) is 154 Å². The van der Waals surface area contributed by atoms with Crippen LogP contribution in [0.3, 0.4) is 0 Å². The molecular formula is C34H32N2O9S2. The molecule has 1 unspecified atom stereocenters. The van der Waals surface area contributed by atoms with Gasteiger partial charge in [-0.15, -0.1) is 0 Å². The van der Waals surface area contributed by atoms with Gasteiger partial charge in [-0.25, -0.2) is 14.6 Å². The summed E-state index contributed by atoms with van der Waals surface area (Å²) in [4.78, 5) is 55.4. The smallest absolute Gasteiger partial charge is 0.481 e. The van der Waals surface area contributed by atoms with Gasteiger partial charge in [-0.2, -0.15) is 0 Å². The van der Waals surface area contributed by atoms with Gasteiger partial charge in [0, 0.05) is 27.2 Å². The Hall–Kier alpha value is -4.33. The van der Waals surface area contributed by atoms with Crippen molar-refractivity contribution in [1.29, 1.82) is 0 Å². The lowest BCUT2D eigenvalue weighted by Crippen LogP contribution is -2.44. The Kier molecular flexibility index (Phi) is 9.05. The second-order valence-corrected chi connectivity index (χ2v) is 13.9. The quantitative estimate of drug-likeness (QED) is 0.104. The number of carbonyl (C=O) groups is 3. The van der Waals surface area contributed by atoms with Crippen LogP contribution in [0.5, 0.6) is 5.75 Å². The summed E-state index contributed by atoms with van der Waals surface area (Å²) in [5, 5.41) is 20.9. The van der Waals surface area contributed by atoms with Crippen molar-refractivity contribution in [2.24, 2.45) is 5.92 Å². The third kappa shape index (κ3) is 6.10. The van der Waals surface area contributed by atoms with E-state index in [0.717, 1.165) is 27.0 Å². The number of cyclic esters (lactones) is 1. The Morgan fingerprint density at radius 2 is 1.87 bits per heavy atom. The summed E-state index contributed by atoms with van der Waals surface area (Å²) in [7, 11) is 2.95. The van der Waals surface area contributed by atoms with Gasteiger partial charge < -0.3 is 29.0 Å². The number of aliphatic carboxylic acids is 1. The number of fused-ring (bicyclic) bond motifs is 5. The van der Waals surface area contributed by atoms with E-state index in [-0.39, 0.29) is 48.6 Å². The molecule has 2 aliphatic rings. The van der Waals surface area contributed by atoms with Crippen molar-refractivity contribution in [3.8, 4) is 17.1 Å². The maximum atomic E-state index is 13.6. The number of hydrogen-bond acceptors (Lipinski definition) is 11. The Labute approximate surface area is 277 Å². The van der Waals surface area contributed by atoms with Crippen LogP contribution in [0.15, 0.2) is 58.2 Å². The second-order valence-electron chi connectivity index (χ2n) is 11.4. The van der Waals surface area contributed by atoms with Gasteiger partial charge in [-0.3, -0.25) is 9.59 Å². The summed E-state index contributed by atoms with van der Waals surface area (Å²) in [6.07, 6.45) is -0.186. The molecule has 0 fully saturated rings. The van der Waals surface area contributed by atoms with Crippen LogP contribution < -0.4 is 10.3 Å².